The van der Waals surface area contributed by atoms with E-state index in [1.54, 1.807) is 14.0 Å². The molecule has 0 bridgehead atoms. The van der Waals surface area contributed by atoms with Gasteiger partial charge in [0.2, 0.25) is 0 Å². The van der Waals surface area contributed by atoms with Crippen molar-refractivity contribution in [2.45, 2.75) is 209 Å². The molecule has 1 unspecified atom stereocenters. The molecule has 9 fully saturated rings. The van der Waals surface area contributed by atoms with Gasteiger partial charge >= 0.3 is 0 Å². The summed E-state index contributed by atoms with van der Waals surface area (Å²) in [5.41, 5.74) is -0.569. The maximum absolute atomic E-state index is 13.8. The van der Waals surface area contributed by atoms with E-state index in [1.807, 2.05) is 0 Å². The van der Waals surface area contributed by atoms with Gasteiger partial charge in [-0.2, -0.15) is 0 Å². The van der Waals surface area contributed by atoms with Crippen molar-refractivity contribution >= 4 is 5.78 Å². The van der Waals surface area contributed by atoms with Crippen molar-refractivity contribution in [3.63, 3.8) is 0 Å². The number of fused-ring (bicyclic) bond motifs is 4. The van der Waals surface area contributed by atoms with Crippen LogP contribution in [-0.2, 0) is 42.7 Å². The molecule has 11 N–H and O–H groups in total. The summed E-state index contributed by atoms with van der Waals surface area (Å²) in [5, 5.41) is 114. The molecule has 5 saturated carbocycles. The minimum atomic E-state index is -1.77. The summed E-state index contributed by atoms with van der Waals surface area (Å²) in [4.78, 5) is 13.8. The fraction of sp³-hybridized carbons (Fsp3) is 0.980. The molecule has 4 saturated heterocycles. The zero-order valence-corrected chi connectivity index (χ0v) is 41.0. The minimum Gasteiger partial charge on any atom is -0.394 e. The number of Topliss-reactive ketones (excluding diaryl/α,β-unsaturated/α-hetero) is 1. The number of ketones is 1. The Balaban J connectivity index is 0.877. The van der Waals surface area contributed by atoms with Crippen LogP contribution in [0.15, 0.2) is 0 Å². The summed E-state index contributed by atoms with van der Waals surface area (Å²) in [7, 11) is 1.72. The Morgan fingerprint density at radius 2 is 1.17 bits per heavy atom. The third-order valence-electron chi connectivity index (χ3n) is 20.5. The highest BCUT2D eigenvalue weighted by atomic mass is 16.8. The lowest BCUT2D eigenvalue weighted by molar-refractivity contribution is -0.377. The molecule has 9 rings (SSSR count). The molecule has 0 aromatic carbocycles. The van der Waals surface area contributed by atoms with Gasteiger partial charge < -0.3 is 94.1 Å². The van der Waals surface area contributed by atoms with Gasteiger partial charge in [-0.25, -0.2) is 0 Å². The summed E-state index contributed by atoms with van der Waals surface area (Å²) in [6.07, 6.45) is -15.8. The molecule has 4 aliphatic heterocycles. The molecule has 27 atom stereocenters. The van der Waals surface area contributed by atoms with Crippen molar-refractivity contribution in [2.24, 2.45) is 56.7 Å². The Morgan fingerprint density at radius 1 is 0.623 bits per heavy atom. The maximum Gasteiger partial charge on any atom is 0.187 e. The predicted molar refractivity (Wildman–Crippen MR) is 236 cm³/mol. The fourth-order valence-electron chi connectivity index (χ4n) is 16.6. The van der Waals surface area contributed by atoms with Crippen molar-refractivity contribution in [2.75, 3.05) is 33.5 Å². The lowest BCUT2D eigenvalue weighted by Gasteiger charge is -2.63. The monoisotopic (exact) mass is 989 g/mol. The number of methoxy groups -OCH3 is 1. The Kier molecular flexibility index (Phi) is 14.2. The van der Waals surface area contributed by atoms with Crippen LogP contribution in [0.1, 0.15) is 99.3 Å². The van der Waals surface area contributed by atoms with E-state index in [9.17, 15) is 61.0 Å². The van der Waals surface area contributed by atoms with Gasteiger partial charge in [-0.05, 0) is 89.8 Å². The molecule has 20 heteroatoms. The second-order valence-corrected chi connectivity index (χ2v) is 23.8. The van der Waals surface area contributed by atoms with Crippen LogP contribution in [0.5, 0.6) is 0 Å². The Morgan fingerprint density at radius 3 is 1.78 bits per heavy atom. The summed E-state index contributed by atoms with van der Waals surface area (Å²) in [5.74, 6) is -0.919. The normalized spacial score (nSPS) is 55.8. The zero-order valence-electron chi connectivity index (χ0n) is 41.0. The van der Waals surface area contributed by atoms with E-state index in [2.05, 4.69) is 34.6 Å². The van der Waals surface area contributed by atoms with E-state index in [-0.39, 0.29) is 58.2 Å². The zero-order chi connectivity index (χ0) is 50.1. The van der Waals surface area contributed by atoms with Crippen molar-refractivity contribution in [3.8, 4) is 0 Å². The summed E-state index contributed by atoms with van der Waals surface area (Å²) >= 11 is 0. The smallest absolute Gasteiger partial charge is 0.187 e. The molecule has 4 heterocycles. The maximum atomic E-state index is 13.8. The third-order valence-corrected chi connectivity index (χ3v) is 20.5. The highest BCUT2D eigenvalue weighted by Gasteiger charge is 2.85. The molecular weight excluding hydrogens is 909 g/mol. The Hall–Kier alpha value is -1.09. The molecule has 9 aliphatic rings. The van der Waals surface area contributed by atoms with Gasteiger partial charge in [0.05, 0.1) is 38.6 Å². The van der Waals surface area contributed by atoms with Gasteiger partial charge in [0.1, 0.15) is 79.0 Å². The Labute approximate surface area is 403 Å². The molecule has 5 aliphatic carbocycles. The van der Waals surface area contributed by atoms with Crippen LogP contribution in [0.3, 0.4) is 0 Å². The second-order valence-electron chi connectivity index (χ2n) is 23.8. The van der Waals surface area contributed by atoms with Crippen molar-refractivity contribution in [3.05, 3.63) is 0 Å². The van der Waals surface area contributed by atoms with Crippen LogP contribution in [0.2, 0.25) is 0 Å². The largest absolute Gasteiger partial charge is 0.394 e. The molecule has 396 valence electrons. The van der Waals surface area contributed by atoms with Crippen LogP contribution in [0.25, 0.3) is 0 Å². The predicted octanol–water partition coefficient (Wildman–Crippen LogP) is -1.17. The van der Waals surface area contributed by atoms with Crippen molar-refractivity contribution < 1.29 is 98.9 Å². The van der Waals surface area contributed by atoms with E-state index >= 15 is 0 Å². The van der Waals surface area contributed by atoms with E-state index in [4.69, 9.17) is 37.9 Å². The van der Waals surface area contributed by atoms with Crippen LogP contribution in [0, 0.1) is 56.7 Å². The SMILES string of the molecule is CO[C@]12C[C@@]3(C)[C@@H]4CC[C@H]5C(C)(C)[C@@H](O[C@@H]6O[C@H](CO)[C@@H](O)[C@H](O)[C@H]6O[C@@H]6O[C@H](CO)[C@@H](O)[C@H](O)[C@H]6O)CC[C@@]56C[C@@]46CC[C@]3(C)[C@H]1[C@H](C)[C@H](CC(=O)C(C)CO[C@@H]1O[C@H](CO)[C@@H](O)[C@@H](O)[C@H]1O)O2. The highest BCUT2D eigenvalue weighted by Crippen LogP contribution is 2.90. The number of ether oxygens (including phenoxy) is 8. The average molecular weight is 989 g/mol. The first-order chi connectivity index (χ1) is 32.5. The van der Waals surface area contributed by atoms with Crippen molar-refractivity contribution in [1.82, 2.24) is 0 Å². The number of hydrogen-bond acceptors (Lipinski definition) is 20. The number of aliphatic hydroxyl groups excluding tert-OH is 11. The molecular formula is C49H80O20. The first-order valence-corrected chi connectivity index (χ1v) is 25.4. The fourth-order valence-corrected chi connectivity index (χ4v) is 16.6. The van der Waals surface area contributed by atoms with Gasteiger partial charge in [0, 0.05) is 31.8 Å². The van der Waals surface area contributed by atoms with Crippen LogP contribution < -0.4 is 0 Å². The molecule has 0 aromatic rings. The molecule has 0 aromatic heterocycles. The highest BCUT2D eigenvalue weighted by molar-refractivity contribution is 5.81. The molecule has 69 heavy (non-hydrogen) atoms. The molecule has 0 amide bonds. The van der Waals surface area contributed by atoms with Crippen LogP contribution in [-0.4, -0.2) is 206 Å². The first-order valence-electron chi connectivity index (χ1n) is 25.4. The standard InChI is InChI=1S/C49H80O20/c1-21(18-63-41-37(60)34(57)31(54)25(15-50)64-41)23(53)14-24-22(2)40-45(5)12-13-48-20-47(48)11-10-30(44(3,4)28(47)8-9-29(48)46(45,6)19-49(40,62-7)69-24)67-43-39(36(59)33(56)27(17-52)66-43)68-42-38(61)35(58)32(55)26(16-51)65-42/h21-22,24-43,50-52,54-61H,8-20H2,1-7H3/t21?,22-,24+,25-,26-,27-,28+,29+,30+,31-,32-,33-,34-,35+,36+,37-,38-,39-,40-,41-,42+,43+,45-,46+,47-,48+,49+/m1/s1. The number of rotatable bonds is 14. The Bertz CT molecular complexity index is 1860. The van der Waals surface area contributed by atoms with Crippen molar-refractivity contribution in [1.29, 1.82) is 0 Å². The van der Waals surface area contributed by atoms with E-state index in [1.165, 1.54) is 0 Å². The topological polar surface area (TPSA) is 313 Å². The van der Waals surface area contributed by atoms with Gasteiger partial charge in [-0.1, -0.05) is 41.5 Å². The average Bonchev–Trinajstić information content (AvgIpc) is 3.84. The summed E-state index contributed by atoms with van der Waals surface area (Å²) in [6.45, 7) is 11.2. The van der Waals surface area contributed by atoms with Gasteiger partial charge in [-0.3, -0.25) is 4.79 Å². The molecule has 20 nitrogen and oxygen atoms in total. The number of aliphatic hydroxyl groups is 11. The second kappa shape index (κ2) is 18.6. The molecule has 0 radical (unpaired) electrons. The summed E-state index contributed by atoms with van der Waals surface area (Å²) in [6, 6.07) is 0. The number of carbonyl (C=O) groups excluding carboxylic acids is 1. The molecule has 2 spiro atoms. The van der Waals surface area contributed by atoms with E-state index < -0.39 is 141 Å². The third kappa shape index (κ3) is 7.82. The van der Waals surface area contributed by atoms with E-state index in [0.717, 1.165) is 38.5 Å². The number of hydrogen-bond donors (Lipinski definition) is 11. The first kappa shape index (κ1) is 52.8. The van der Waals surface area contributed by atoms with Gasteiger partial charge in [0.15, 0.2) is 24.7 Å². The summed E-state index contributed by atoms with van der Waals surface area (Å²) < 4.78 is 49.3. The quantitative estimate of drug-likeness (QED) is 0.0915. The van der Waals surface area contributed by atoms with Crippen LogP contribution in [0.4, 0.5) is 0 Å². The van der Waals surface area contributed by atoms with Gasteiger partial charge in [0.25, 0.3) is 0 Å². The lowest BCUT2D eigenvalue weighted by Crippen LogP contribution is -2.65. The van der Waals surface area contributed by atoms with Gasteiger partial charge in [-0.15, -0.1) is 0 Å². The lowest BCUT2D eigenvalue weighted by atomic mass is 9.41. The van der Waals surface area contributed by atoms with Crippen LogP contribution >= 0.6 is 0 Å². The minimum absolute atomic E-state index is 0.00931. The number of carbonyl (C=O) groups is 1. The van der Waals surface area contributed by atoms with E-state index in [0.29, 0.717) is 18.8 Å².